The van der Waals surface area contributed by atoms with Gasteiger partial charge in [-0.1, -0.05) is 11.6 Å². The van der Waals surface area contributed by atoms with E-state index in [1.807, 2.05) is 0 Å². The minimum absolute atomic E-state index is 0.216. The molecule has 1 aliphatic heterocycles. The summed E-state index contributed by atoms with van der Waals surface area (Å²) in [5.41, 5.74) is 0.0289. The summed E-state index contributed by atoms with van der Waals surface area (Å²) in [6, 6.07) is 8.96. The van der Waals surface area contributed by atoms with Crippen molar-refractivity contribution in [2.45, 2.75) is 32.8 Å². The summed E-state index contributed by atoms with van der Waals surface area (Å²) in [5, 5.41) is 10.5. The number of rotatable bonds is 5. The lowest BCUT2D eigenvalue weighted by atomic mass is 9.80. The number of ether oxygens (including phenoxy) is 1. The van der Waals surface area contributed by atoms with Crippen molar-refractivity contribution in [2.75, 3.05) is 13.1 Å². The van der Waals surface area contributed by atoms with E-state index in [1.54, 1.807) is 43.0 Å². The highest BCUT2D eigenvalue weighted by Gasteiger charge is 2.39. The molecule has 4 rings (SSSR count). The van der Waals surface area contributed by atoms with Crippen LogP contribution in [0.3, 0.4) is 0 Å². The van der Waals surface area contributed by atoms with E-state index in [4.69, 9.17) is 16.3 Å². The van der Waals surface area contributed by atoms with Gasteiger partial charge in [-0.2, -0.15) is 0 Å². The summed E-state index contributed by atoms with van der Waals surface area (Å²) in [7, 11) is 0. The maximum atomic E-state index is 13.5. The molecular weight excluding hydrogens is 463 g/mol. The van der Waals surface area contributed by atoms with Gasteiger partial charge >= 0.3 is 5.97 Å². The first-order valence-corrected chi connectivity index (χ1v) is 11.3. The third-order valence-corrected chi connectivity index (χ3v) is 6.76. The fourth-order valence-corrected chi connectivity index (χ4v) is 4.46. The number of piperidine rings is 1. The molecule has 1 aliphatic rings. The molecule has 1 saturated heterocycles. The molecule has 178 valence electrons. The van der Waals surface area contributed by atoms with E-state index in [2.05, 4.69) is 4.98 Å². The second-order valence-electron chi connectivity index (χ2n) is 8.81. The van der Waals surface area contributed by atoms with Crippen LogP contribution in [0.5, 0.6) is 5.75 Å². The summed E-state index contributed by atoms with van der Waals surface area (Å²) in [5.74, 6) is -1.22. The number of aromatic nitrogens is 1. The van der Waals surface area contributed by atoms with Crippen molar-refractivity contribution in [1.82, 2.24) is 9.88 Å². The summed E-state index contributed by atoms with van der Waals surface area (Å²) in [6.45, 7) is 4.00. The van der Waals surface area contributed by atoms with Gasteiger partial charge in [0.05, 0.1) is 15.8 Å². The number of likely N-dealkylation sites (tertiary alicyclic amines) is 1. The molecule has 34 heavy (non-hydrogen) atoms. The van der Waals surface area contributed by atoms with Crippen molar-refractivity contribution in [3.05, 3.63) is 63.8 Å². The number of carboxylic acids is 1. The van der Waals surface area contributed by atoms with Crippen molar-refractivity contribution < 1.29 is 23.8 Å². The number of halogens is 2. The summed E-state index contributed by atoms with van der Waals surface area (Å²) >= 11 is 6.22. The Morgan fingerprint density at radius 1 is 1.15 bits per heavy atom. The zero-order chi connectivity index (χ0) is 24.6. The lowest BCUT2D eigenvalue weighted by Gasteiger charge is -2.37. The Hall–Kier alpha value is -3.39. The smallest absolute Gasteiger partial charge is 0.309 e. The van der Waals surface area contributed by atoms with Crippen LogP contribution in [-0.2, 0) is 9.59 Å². The number of carbonyl (C=O) groups is 2. The van der Waals surface area contributed by atoms with Gasteiger partial charge in [-0.05, 0) is 68.5 Å². The maximum Gasteiger partial charge on any atom is 0.309 e. The Labute approximate surface area is 200 Å². The number of hydrogen-bond donors (Lipinski definition) is 2. The second-order valence-corrected chi connectivity index (χ2v) is 9.22. The Morgan fingerprint density at radius 3 is 2.50 bits per heavy atom. The van der Waals surface area contributed by atoms with Crippen molar-refractivity contribution in [2.24, 2.45) is 5.41 Å². The van der Waals surface area contributed by atoms with Crippen LogP contribution >= 0.6 is 11.6 Å². The van der Waals surface area contributed by atoms with Crippen LogP contribution in [0.4, 0.5) is 4.39 Å². The van der Waals surface area contributed by atoms with Crippen LogP contribution in [0.25, 0.3) is 21.9 Å². The van der Waals surface area contributed by atoms with Crippen molar-refractivity contribution in [3.8, 4) is 16.9 Å². The Balaban J connectivity index is 1.55. The number of carboxylic acid groups (broad SMARTS) is 1. The highest BCUT2D eigenvalue weighted by Crippen LogP contribution is 2.34. The van der Waals surface area contributed by atoms with Crippen LogP contribution in [0.15, 0.2) is 47.4 Å². The Morgan fingerprint density at radius 2 is 1.85 bits per heavy atom. The summed E-state index contributed by atoms with van der Waals surface area (Å²) in [6.07, 6.45) is 1.46. The number of pyridine rings is 1. The largest absolute Gasteiger partial charge is 0.481 e. The van der Waals surface area contributed by atoms with Gasteiger partial charge in [-0.3, -0.25) is 14.4 Å². The number of aliphatic carboxylic acids is 1. The SMILES string of the molecule is C[C@@H](Oc1ccc2c(-c3ccc(F)cc3Cl)c[nH]c(=O)c2c1)C(=O)N1CCC(C)(C(=O)O)CC1. The molecule has 0 bridgehead atoms. The average Bonchev–Trinajstić information content (AvgIpc) is 2.80. The molecular formula is C25H24ClFN2O5. The third kappa shape index (κ3) is 4.50. The lowest BCUT2D eigenvalue weighted by molar-refractivity contribution is -0.154. The van der Waals surface area contributed by atoms with E-state index in [9.17, 15) is 23.9 Å². The van der Waals surface area contributed by atoms with E-state index >= 15 is 0 Å². The molecule has 3 aromatic rings. The van der Waals surface area contributed by atoms with Gasteiger partial charge < -0.3 is 19.7 Å². The van der Waals surface area contributed by atoms with Crippen molar-refractivity contribution >= 4 is 34.2 Å². The highest BCUT2D eigenvalue weighted by molar-refractivity contribution is 6.33. The number of hydrogen-bond acceptors (Lipinski definition) is 4. The molecule has 1 atom stereocenters. The number of fused-ring (bicyclic) bond motifs is 1. The van der Waals surface area contributed by atoms with Crippen LogP contribution in [-0.4, -0.2) is 46.1 Å². The molecule has 0 saturated carbocycles. The quantitative estimate of drug-likeness (QED) is 0.554. The fraction of sp³-hybridized carbons (Fsp3) is 0.320. The van der Waals surface area contributed by atoms with Gasteiger partial charge in [0.1, 0.15) is 11.6 Å². The number of nitrogens with zero attached hydrogens (tertiary/aromatic N) is 1. The predicted molar refractivity (Wildman–Crippen MR) is 127 cm³/mol. The number of carbonyl (C=O) groups excluding carboxylic acids is 1. The first-order valence-electron chi connectivity index (χ1n) is 10.9. The van der Waals surface area contributed by atoms with E-state index in [1.165, 1.54) is 18.3 Å². The minimum atomic E-state index is -0.855. The molecule has 2 aromatic carbocycles. The lowest BCUT2D eigenvalue weighted by Crippen LogP contribution is -2.48. The number of benzene rings is 2. The van der Waals surface area contributed by atoms with Crippen LogP contribution in [0, 0.1) is 11.2 Å². The first-order chi connectivity index (χ1) is 16.1. The van der Waals surface area contributed by atoms with Crippen molar-refractivity contribution in [1.29, 1.82) is 0 Å². The van der Waals surface area contributed by atoms with Gasteiger partial charge in [-0.15, -0.1) is 0 Å². The Kier molecular flexibility index (Phi) is 6.36. The molecule has 2 heterocycles. The molecule has 1 amide bonds. The van der Waals surface area contributed by atoms with E-state index in [0.717, 1.165) is 0 Å². The molecule has 1 fully saturated rings. The summed E-state index contributed by atoms with van der Waals surface area (Å²) in [4.78, 5) is 41.1. The third-order valence-electron chi connectivity index (χ3n) is 6.45. The maximum absolute atomic E-state index is 13.5. The van der Waals surface area contributed by atoms with Crippen molar-refractivity contribution in [3.63, 3.8) is 0 Å². The van der Waals surface area contributed by atoms with E-state index in [0.29, 0.717) is 53.6 Å². The zero-order valence-electron chi connectivity index (χ0n) is 18.7. The van der Waals surface area contributed by atoms with E-state index in [-0.39, 0.29) is 16.5 Å². The predicted octanol–water partition coefficient (Wildman–Crippen LogP) is 4.47. The minimum Gasteiger partial charge on any atom is -0.481 e. The molecule has 7 nitrogen and oxygen atoms in total. The molecule has 0 aliphatic carbocycles. The van der Waals surface area contributed by atoms with E-state index < -0.39 is 23.3 Å². The number of nitrogens with one attached hydrogen (secondary N) is 1. The first kappa shape index (κ1) is 23.8. The number of amides is 1. The molecule has 0 radical (unpaired) electrons. The molecule has 1 aromatic heterocycles. The number of aromatic amines is 1. The zero-order valence-corrected chi connectivity index (χ0v) is 19.5. The van der Waals surface area contributed by atoms with Gasteiger partial charge in [0.15, 0.2) is 6.10 Å². The molecule has 0 unspecified atom stereocenters. The molecule has 2 N–H and O–H groups in total. The van der Waals surface area contributed by atoms with Gasteiger partial charge in [0, 0.05) is 30.4 Å². The second kappa shape index (κ2) is 9.10. The van der Waals surface area contributed by atoms with Gasteiger partial charge in [0.25, 0.3) is 11.5 Å². The van der Waals surface area contributed by atoms with Gasteiger partial charge in [-0.25, -0.2) is 4.39 Å². The number of H-pyrrole nitrogens is 1. The van der Waals surface area contributed by atoms with Crippen LogP contribution in [0.2, 0.25) is 5.02 Å². The monoisotopic (exact) mass is 486 g/mol. The molecule has 0 spiro atoms. The molecule has 9 heteroatoms. The summed E-state index contributed by atoms with van der Waals surface area (Å²) < 4.78 is 19.3. The normalized spacial score (nSPS) is 16.3. The highest BCUT2D eigenvalue weighted by atomic mass is 35.5. The van der Waals surface area contributed by atoms with Crippen LogP contribution in [0.1, 0.15) is 26.7 Å². The topological polar surface area (TPSA) is 99.7 Å². The van der Waals surface area contributed by atoms with Gasteiger partial charge in [0.2, 0.25) is 0 Å². The standard InChI is InChI=1S/C25H24ClFN2O5/c1-14(23(31)29-9-7-25(2,8-10-29)24(32)33)34-16-4-6-17-19(12-16)22(30)28-13-20(17)18-5-3-15(27)11-21(18)26/h3-6,11-14H,7-10H2,1-2H3,(H,28,30)(H,32,33)/t14-/m1/s1. The van der Waals surface area contributed by atoms with Crippen LogP contribution < -0.4 is 10.3 Å². The fourth-order valence-electron chi connectivity index (χ4n) is 4.19. The average molecular weight is 487 g/mol. The Bertz CT molecular complexity index is 1330.